The Hall–Kier alpha value is -1.88. The van der Waals surface area contributed by atoms with Crippen LogP contribution in [0.1, 0.15) is 22.5 Å². The summed E-state index contributed by atoms with van der Waals surface area (Å²) in [4.78, 5) is 4.73. The van der Waals surface area contributed by atoms with Crippen LogP contribution in [0.4, 0.5) is 5.69 Å². The van der Waals surface area contributed by atoms with E-state index in [0.717, 1.165) is 28.2 Å². The van der Waals surface area contributed by atoms with Crippen molar-refractivity contribution in [2.45, 2.75) is 20.4 Å². The van der Waals surface area contributed by atoms with Crippen LogP contribution in [0.3, 0.4) is 0 Å². The molecule has 94 valence electrons. The molecule has 0 fully saturated rings. The molecule has 2 aromatic rings. The number of thiocarbonyl (C=S) groups is 1. The van der Waals surface area contributed by atoms with Gasteiger partial charge in [0.2, 0.25) is 0 Å². The normalized spacial score (nSPS) is 10.3. The number of nitrogens with zero attached hydrogens (tertiary/aromatic N) is 1. The van der Waals surface area contributed by atoms with E-state index in [4.69, 9.17) is 22.4 Å². The van der Waals surface area contributed by atoms with Crippen molar-refractivity contribution in [1.82, 2.24) is 4.98 Å². The van der Waals surface area contributed by atoms with Crippen LogP contribution >= 0.6 is 12.2 Å². The predicted molar refractivity (Wildman–Crippen MR) is 75.6 cm³/mol. The van der Waals surface area contributed by atoms with Gasteiger partial charge in [-0.3, -0.25) is 4.98 Å². The summed E-state index contributed by atoms with van der Waals surface area (Å²) < 4.78 is 5.03. The van der Waals surface area contributed by atoms with E-state index < -0.39 is 0 Å². The quantitative estimate of drug-likeness (QED) is 0.828. The lowest BCUT2D eigenvalue weighted by Gasteiger charge is -2.13. The second-order valence-corrected chi connectivity index (χ2v) is 4.56. The molecular formula is C13H15N3OS. The first-order chi connectivity index (χ1) is 8.58. The van der Waals surface area contributed by atoms with Gasteiger partial charge in [-0.05, 0) is 26.0 Å². The molecule has 0 bridgehead atoms. The molecule has 2 heterocycles. The number of nitrogens with one attached hydrogen (secondary N) is 1. The minimum atomic E-state index is 0.356. The van der Waals surface area contributed by atoms with Gasteiger partial charge in [0.25, 0.3) is 0 Å². The average Bonchev–Trinajstić information content (AvgIpc) is 2.77. The van der Waals surface area contributed by atoms with Gasteiger partial charge in [0.1, 0.15) is 4.99 Å². The Kier molecular flexibility index (Phi) is 3.62. The SMILES string of the molecule is Cc1cc(NCc2ccoc2)c(C(N)=S)c(C)n1. The van der Waals surface area contributed by atoms with Gasteiger partial charge in [0, 0.05) is 29.2 Å². The zero-order valence-corrected chi connectivity index (χ0v) is 11.2. The molecule has 0 saturated carbocycles. The molecule has 18 heavy (non-hydrogen) atoms. The summed E-state index contributed by atoms with van der Waals surface area (Å²) in [6.45, 7) is 4.51. The monoisotopic (exact) mass is 261 g/mol. The zero-order valence-electron chi connectivity index (χ0n) is 10.4. The lowest BCUT2D eigenvalue weighted by atomic mass is 10.1. The van der Waals surface area contributed by atoms with Crippen LogP contribution in [0.15, 0.2) is 29.1 Å². The third kappa shape index (κ3) is 2.68. The van der Waals surface area contributed by atoms with E-state index in [1.807, 2.05) is 26.0 Å². The molecule has 0 aliphatic rings. The van der Waals surface area contributed by atoms with Crippen LogP contribution in [0, 0.1) is 13.8 Å². The zero-order chi connectivity index (χ0) is 13.1. The van der Waals surface area contributed by atoms with Crippen molar-refractivity contribution < 1.29 is 4.42 Å². The fourth-order valence-corrected chi connectivity index (χ4v) is 2.13. The Bertz CT molecular complexity index is 564. The van der Waals surface area contributed by atoms with Gasteiger partial charge in [-0.1, -0.05) is 12.2 Å². The van der Waals surface area contributed by atoms with E-state index in [2.05, 4.69) is 10.3 Å². The van der Waals surface area contributed by atoms with E-state index in [-0.39, 0.29) is 0 Å². The van der Waals surface area contributed by atoms with Crippen LogP contribution < -0.4 is 11.1 Å². The van der Waals surface area contributed by atoms with Crippen LogP contribution in [-0.2, 0) is 6.54 Å². The summed E-state index contributed by atoms with van der Waals surface area (Å²) in [7, 11) is 0. The van der Waals surface area contributed by atoms with Crippen molar-refractivity contribution in [3.8, 4) is 0 Å². The smallest absolute Gasteiger partial charge is 0.107 e. The summed E-state index contributed by atoms with van der Waals surface area (Å²) in [5.41, 5.74) is 10.3. The highest BCUT2D eigenvalue weighted by molar-refractivity contribution is 7.80. The summed E-state index contributed by atoms with van der Waals surface area (Å²) in [6, 6.07) is 3.86. The Morgan fingerprint density at radius 3 is 2.89 bits per heavy atom. The van der Waals surface area contributed by atoms with Crippen molar-refractivity contribution in [2.24, 2.45) is 5.73 Å². The van der Waals surface area contributed by atoms with Gasteiger partial charge in [-0.15, -0.1) is 0 Å². The molecule has 2 aromatic heterocycles. The van der Waals surface area contributed by atoms with Crippen LogP contribution in [0.5, 0.6) is 0 Å². The van der Waals surface area contributed by atoms with E-state index >= 15 is 0 Å². The van der Waals surface area contributed by atoms with E-state index in [0.29, 0.717) is 11.5 Å². The van der Waals surface area contributed by atoms with Crippen molar-refractivity contribution in [2.75, 3.05) is 5.32 Å². The topological polar surface area (TPSA) is 64.1 Å². The van der Waals surface area contributed by atoms with E-state index in [1.165, 1.54) is 0 Å². The molecule has 5 heteroatoms. The van der Waals surface area contributed by atoms with Crippen molar-refractivity contribution in [3.63, 3.8) is 0 Å². The molecule has 0 radical (unpaired) electrons. The van der Waals surface area contributed by atoms with Gasteiger partial charge in [0.15, 0.2) is 0 Å². The Balaban J connectivity index is 2.28. The van der Waals surface area contributed by atoms with Gasteiger partial charge in [-0.25, -0.2) is 0 Å². The highest BCUT2D eigenvalue weighted by atomic mass is 32.1. The van der Waals surface area contributed by atoms with Crippen LogP contribution in [0.2, 0.25) is 0 Å². The van der Waals surface area contributed by atoms with E-state index in [9.17, 15) is 0 Å². The van der Waals surface area contributed by atoms with Crippen molar-refractivity contribution >= 4 is 22.9 Å². The summed E-state index contributed by atoms with van der Waals surface area (Å²) in [6.07, 6.45) is 3.35. The number of furan rings is 1. The molecule has 2 rings (SSSR count). The molecule has 3 N–H and O–H groups in total. The molecule has 0 saturated heterocycles. The highest BCUT2D eigenvalue weighted by Gasteiger charge is 2.10. The fraction of sp³-hybridized carbons (Fsp3) is 0.231. The van der Waals surface area contributed by atoms with Gasteiger partial charge in [-0.2, -0.15) is 0 Å². The number of pyridine rings is 1. The van der Waals surface area contributed by atoms with Crippen LogP contribution in [-0.4, -0.2) is 9.97 Å². The summed E-state index contributed by atoms with van der Waals surface area (Å²) in [5, 5.41) is 3.31. The molecular weight excluding hydrogens is 246 g/mol. The first-order valence-electron chi connectivity index (χ1n) is 5.61. The largest absolute Gasteiger partial charge is 0.472 e. The summed E-state index contributed by atoms with van der Waals surface area (Å²) >= 11 is 5.07. The predicted octanol–water partition coefficient (Wildman–Crippen LogP) is 2.54. The molecule has 4 nitrogen and oxygen atoms in total. The first-order valence-corrected chi connectivity index (χ1v) is 6.01. The molecule has 0 amide bonds. The molecule has 0 atom stereocenters. The third-order valence-electron chi connectivity index (χ3n) is 2.64. The second kappa shape index (κ2) is 5.18. The minimum Gasteiger partial charge on any atom is -0.472 e. The molecule has 0 aromatic carbocycles. The molecule has 0 aliphatic heterocycles. The maximum Gasteiger partial charge on any atom is 0.107 e. The second-order valence-electron chi connectivity index (χ2n) is 4.12. The number of nitrogens with two attached hydrogens (primary N) is 1. The Morgan fingerprint density at radius 1 is 1.50 bits per heavy atom. The fourth-order valence-electron chi connectivity index (χ4n) is 1.87. The van der Waals surface area contributed by atoms with Crippen molar-refractivity contribution in [3.05, 3.63) is 47.2 Å². The number of anilines is 1. The maximum absolute atomic E-state index is 5.75. The average molecular weight is 261 g/mol. The van der Waals surface area contributed by atoms with E-state index in [1.54, 1.807) is 12.5 Å². The number of aryl methyl sites for hydroxylation is 2. The van der Waals surface area contributed by atoms with Gasteiger partial charge >= 0.3 is 0 Å². The number of hydrogen-bond donors (Lipinski definition) is 2. The third-order valence-corrected chi connectivity index (χ3v) is 2.84. The Labute approximate surface area is 111 Å². The maximum atomic E-state index is 5.75. The number of hydrogen-bond acceptors (Lipinski definition) is 4. The minimum absolute atomic E-state index is 0.356. The number of rotatable bonds is 4. The first kappa shape index (κ1) is 12.6. The molecule has 0 aliphatic carbocycles. The Morgan fingerprint density at radius 2 is 2.28 bits per heavy atom. The lowest BCUT2D eigenvalue weighted by Crippen LogP contribution is -2.16. The van der Waals surface area contributed by atoms with Gasteiger partial charge < -0.3 is 15.5 Å². The number of aromatic nitrogens is 1. The summed E-state index contributed by atoms with van der Waals surface area (Å²) in [5.74, 6) is 0. The lowest BCUT2D eigenvalue weighted by molar-refractivity contribution is 0.564. The van der Waals surface area contributed by atoms with Crippen molar-refractivity contribution in [1.29, 1.82) is 0 Å². The highest BCUT2D eigenvalue weighted by Crippen LogP contribution is 2.20. The van der Waals surface area contributed by atoms with Gasteiger partial charge in [0.05, 0.1) is 18.1 Å². The van der Waals surface area contributed by atoms with Crippen LogP contribution in [0.25, 0.3) is 0 Å². The standard InChI is InChI=1S/C13H15N3OS/c1-8-5-11(12(13(14)18)9(2)16-8)15-6-10-3-4-17-7-10/h3-5,7H,6H2,1-2H3,(H2,14,18)(H,15,16). The molecule has 0 unspecified atom stereocenters. The molecule has 0 spiro atoms.